The molecule has 1 amide bonds. The molecule has 2 aliphatic rings. The van der Waals surface area contributed by atoms with E-state index >= 15 is 0 Å². The van der Waals surface area contributed by atoms with Gasteiger partial charge in [0.1, 0.15) is 0 Å². The van der Waals surface area contributed by atoms with Gasteiger partial charge in [0.05, 0.1) is 5.60 Å². The molecule has 0 atom stereocenters. The molecular weight excluding hydrogens is 278 g/mol. The van der Waals surface area contributed by atoms with E-state index in [1.807, 2.05) is 13.8 Å². The van der Waals surface area contributed by atoms with E-state index in [0.717, 1.165) is 58.2 Å². The standard InChI is InChI=1S/C18H33NO3/c1-17(2,13-15-7-11-22-12-8-15)16(20)19-14-18(21)9-5-3-4-6-10-18/h15,21H,3-14H2,1-2H3,(H,19,20). The van der Waals surface area contributed by atoms with E-state index in [4.69, 9.17) is 4.74 Å². The maximum absolute atomic E-state index is 12.6. The Hall–Kier alpha value is -0.610. The van der Waals surface area contributed by atoms with E-state index in [0.29, 0.717) is 12.5 Å². The van der Waals surface area contributed by atoms with Gasteiger partial charge in [0.25, 0.3) is 0 Å². The van der Waals surface area contributed by atoms with E-state index in [1.54, 1.807) is 0 Å². The predicted molar refractivity (Wildman–Crippen MR) is 87.6 cm³/mol. The molecule has 2 N–H and O–H groups in total. The molecule has 0 spiro atoms. The highest BCUT2D eigenvalue weighted by Crippen LogP contribution is 2.32. The molecule has 0 radical (unpaired) electrons. The van der Waals surface area contributed by atoms with Crippen LogP contribution in [0.3, 0.4) is 0 Å². The minimum Gasteiger partial charge on any atom is -0.388 e. The van der Waals surface area contributed by atoms with E-state index in [-0.39, 0.29) is 11.3 Å². The van der Waals surface area contributed by atoms with Crippen LogP contribution in [0.2, 0.25) is 0 Å². The monoisotopic (exact) mass is 311 g/mol. The Morgan fingerprint density at radius 2 is 1.77 bits per heavy atom. The number of nitrogens with one attached hydrogen (secondary N) is 1. The minimum atomic E-state index is -0.694. The summed E-state index contributed by atoms with van der Waals surface area (Å²) in [5, 5.41) is 13.7. The normalized spacial score (nSPS) is 23.8. The molecule has 2 rings (SSSR count). The molecule has 128 valence electrons. The van der Waals surface area contributed by atoms with Crippen molar-refractivity contribution in [1.82, 2.24) is 5.32 Å². The molecule has 0 bridgehead atoms. The summed E-state index contributed by atoms with van der Waals surface area (Å²) in [6.07, 6.45) is 9.18. The third-order valence-corrected chi connectivity index (χ3v) is 5.37. The lowest BCUT2D eigenvalue weighted by molar-refractivity contribution is -0.132. The smallest absolute Gasteiger partial charge is 0.225 e. The third-order valence-electron chi connectivity index (χ3n) is 5.37. The first-order valence-electron chi connectivity index (χ1n) is 9.00. The molecule has 1 heterocycles. The van der Waals surface area contributed by atoms with Gasteiger partial charge in [-0.1, -0.05) is 39.5 Å². The predicted octanol–water partition coefficient (Wildman–Crippen LogP) is 3.03. The zero-order valence-corrected chi connectivity index (χ0v) is 14.3. The second-order valence-electron chi connectivity index (χ2n) is 7.96. The Kier molecular flexibility index (Phi) is 6.27. The average Bonchev–Trinajstić information content (AvgIpc) is 2.70. The number of carbonyl (C=O) groups is 1. The van der Waals surface area contributed by atoms with Gasteiger partial charge in [-0.15, -0.1) is 0 Å². The van der Waals surface area contributed by atoms with Crippen LogP contribution >= 0.6 is 0 Å². The molecule has 1 aliphatic carbocycles. The maximum atomic E-state index is 12.6. The Balaban J connectivity index is 1.81. The molecule has 4 heteroatoms. The molecule has 1 saturated carbocycles. The van der Waals surface area contributed by atoms with Crippen molar-refractivity contribution in [1.29, 1.82) is 0 Å². The van der Waals surface area contributed by atoms with Crippen molar-refractivity contribution in [3.05, 3.63) is 0 Å². The molecule has 4 nitrogen and oxygen atoms in total. The lowest BCUT2D eigenvalue weighted by Crippen LogP contribution is -2.47. The summed E-state index contributed by atoms with van der Waals surface area (Å²) in [6.45, 7) is 6.09. The highest BCUT2D eigenvalue weighted by Gasteiger charge is 2.34. The summed E-state index contributed by atoms with van der Waals surface area (Å²) in [5.41, 5.74) is -1.07. The number of aliphatic hydroxyl groups is 1. The van der Waals surface area contributed by atoms with Gasteiger partial charge in [0.15, 0.2) is 0 Å². The fourth-order valence-electron chi connectivity index (χ4n) is 3.81. The van der Waals surface area contributed by atoms with Crippen LogP contribution in [0.4, 0.5) is 0 Å². The zero-order valence-electron chi connectivity index (χ0n) is 14.3. The SMILES string of the molecule is CC(C)(CC1CCOCC1)C(=O)NCC1(O)CCCCCC1. The van der Waals surface area contributed by atoms with E-state index in [9.17, 15) is 9.90 Å². The molecule has 1 aliphatic heterocycles. The number of hydrogen-bond acceptors (Lipinski definition) is 3. The van der Waals surface area contributed by atoms with Crippen LogP contribution in [0.25, 0.3) is 0 Å². The van der Waals surface area contributed by atoms with Crippen molar-refractivity contribution in [3.63, 3.8) is 0 Å². The summed E-state index contributed by atoms with van der Waals surface area (Å²) in [4.78, 5) is 12.6. The summed E-state index contributed by atoms with van der Waals surface area (Å²) >= 11 is 0. The van der Waals surface area contributed by atoms with Crippen LogP contribution in [0.1, 0.15) is 71.6 Å². The molecule has 0 aromatic carbocycles. The summed E-state index contributed by atoms with van der Waals surface area (Å²) in [6, 6.07) is 0. The van der Waals surface area contributed by atoms with Gasteiger partial charge in [-0.3, -0.25) is 4.79 Å². The minimum absolute atomic E-state index is 0.0802. The lowest BCUT2D eigenvalue weighted by Gasteiger charge is -2.33. The average molecular weight is 311 g/mol. The number of amides is 1. The molecular formula is C18H33NO3. The van der Waals surface area contributed by atoms with Crippen LogP contribution < -0.4 is 5.32 Å². The summed E-state index contributed by atoms with van der Waals surface area (Å²) in [5.74, 6) is 0.659. The molecule has 0 unspecified atom stereocenters. The van der Waals surface area contributed by atoms with Crippen molar-refractivity contribution in [2.45, 2.75) is 77.2 Å². The number of carbonyl (C=O) groups excluding carboxylic acids is 1. The van der Waals surface area contributed by atoms with Crippen LogP contribution in [0.15, 0.2) is 0 Å². The molecule has 0 aromatic heterocycles. The zero-order chi connectivity index (χ0) is 16.1. The highest BCUT2D eigenvalue weighted by atomic mass is 16.5. The van der Waals surface area contributed by atoms with E-state index in [2.05, 4.69) is 5.32 Å². The Morgan fingerprint density at radius 1 is 1.18 bits per heavy atom. The van der Waals surface area contributed by atoms with Crippen LogP contribution in [0.5, 0.6) is 0 Å². The quantitative estimate of drug-likeness (QED) is 0.767. The summed E-state index contributed by atoms with van der Waals surface area (Å²) in [7, 11) is 0. The lowest BCUT2D eigenvalue weighted by atomic mass is 9.79. The Labute approximate surface area is 135 Å². The topological polar surface area (TPSA) is 58.6 Å². The third kappa shape index (κ3) is 5.24. The van der Waals surface area contributed by atoms with E-state index < -0.39 is 5.60 Å². The molecule has 2 fully saturated rings. The molecule has 1 saturated heterocycles. The second-order valence-corrected chi connectivity index (χ2v) is 7.96. The van der Waals surface area contributed by atoms with Gasteiger partial charge in [-0.05, 0) is 38.0 Å². The Bertz CT molecular complexity index is 353. The first-order valence-corrected chi connectivity index (χ1v) is 9.00. The van der Waals surface area contributed by atoms with Crippen molar-refractivity contribution in [2.75, 3.05) is 19.8 Å². The fraction of sp³-hybridized carbons (Fsp3) is 0.944. The van der Waals surface area contributed by atoms with Gasteiger partial charge in [-0.25, -0.2) is 0 Å². The van der Waals surface area contributed by atoms with Gasteiger partial charge in [0.2, 0.25) is 5.91 Å². The van der Waals surface area contributed by atoms with Crippen molar-refractivity contribution < 1.29 is 14.6 Å². The molecule has 22 heavy (non-hydrogen) atoms. The number of ether oxygens (including phenoxy) is 1. The number of rotatable bonds is 5. The van der Waals surface area contributed by atoms with Crippen LogP contribution in [-0.4, -0.2) is 36.4 Å². The largest absolute Gasteiger partial charge is 0.388 e. The van der Waals surface area contributed by atoms with Crippen LogP contribution in [-0.2, 0) is 9.53 Å². The molecule has 0 aromatic rings. The Morgan fingerprint density at radius 3 is 2.36 bits per heavy atom. The van der Waals surface area contributed by atoms with Crippen LogP contribution in [0, 0.1) is 11.3 Å². The maximum Gasteiger partial charge on any atom is 0.225 e. The van der Waals surface area contributed by atoms with Crippen molar-refractivity contribution in [3.8, 4) is 0 Å². The summed E-state index contributed by atoms with van der Waals surface area (Å²) < 4.78 is 5.39. The van der Waals surface area contributed by atoms with Crippen molar-refractivity contribution in [2.24, 2.45) is 11.3 Å². The van der Waals surface area contributed by atoms with Gasteiger partial charge in [0, 0.05) is 25.2 Å². The van der Waals surface area contributed by atoms with E-state index in [1.165, 1.54) is 12.8 Å². The fourth-order valence-corrected chi connectivity index (χ4v) is 3.81. The second kappa shape index (κ2) is 7.78. The number of hydrogen-bond donors (Lipinski definition) is 2. The first kappa shape index (κ1) is 17.7. The van der Waals surface area contributed by atoms with Gasteiger partial charge >= 0.3 is 0 Å². The van der Waals surface area contributed by atoms with Gasteiger partial charge in [-0.2, -0.15) is 0 Å². The van der Waals surface area contributed by atoms with Crippen molar-refractivity contribution >= 4 is 5.91 Å². The highest BCUT2D eigenvalue weighted by molar-refractivity contribution is 5.81. The first-order chi connectivity index (χ1) is 10.4. The van der Waals surface area contributed by atoms with Gasteiger partial charge < -0.3 is 15.2 Å².